The van der Waals surface area contributed by atoms with E-state index in [0.29, 0.717) is 0 Å². The maximum Gasteiger partial charge on any atom is 0.264 e. The summed E-state index contributed by atoms with van der Waals surface area (Å²) in [5.74, 6) is 0. The first kappa shape index (κ1) is 12.4. The van der Waals surface area contributed by atoms with Gasteiger partial charge in [0.2, 0.25) is 0 Å². The molecule has 2 aromatic heterocycles. The average molecular weight is 299 g/mol. The van der Waals surface area contributed by atoms with Crippen LogP contribution in [0.2, 0.25) is 0 Å². The highest BCUT2D eigenvalue weighted by Crippen LogP contribution is 2.31. The minimum atomic E-state index is -0.0190. The molecule has 0 bridgehead atoms. The average Bonchev–Trinajstić information content (AvgIpc) is 2.98. The zero-order valence-corrected chi connectivity index (χ0v) is 12.5. The van der Waals surface area contributed by atoms with Crippen LogP contribution in [-0.4, -0.2) is 16.4 Å². The van der Waals surface area contributed by atoms with Crippen LogP contribution in [0.1, 0.15) is 0 Å². The van der Waals surface area contributed by atoms with Gasteiger partial charge >= 0.3 is 0 Å². The van der Waals surface area contributed by atoms with Crippen molar-refractivity contribution in [1.29, 1.82) is 0 Å². The summed E-state index contributed by atoms with van der Waals surface area (Å²) in [5, 5.41) is 6.90. The van der Waals surface area contributed by atoms with Crippen molar-refractivity contribution in [3.63, 3.8) is 0 Å². The summed E-state index contributed by atoms with van der Waals surface area (Å²) in [4.78, 5) is 17.8. The summed E-state index contributed by atoms with van der Waals surface area (Å²) in [6.07, 6.45) is 0. The molecule has 1 N–H and O–H groups in total. The molecule has 0 saturated heterocycles. The Labute approximate surface area is 131 Å². The van der Waals surface area contributed by atoms with E-state index < -0.39 is 0 Å². The van der Waals surface area contributed by atoms with Gasteiger partial charge in [0.15, 0.2) is 0 Å². The third-order valence-corrected chi connectivity index (χ3v) is 4.50. The van der Waals surface area contributed by atoms with Gasteiger partial charge in [0.1, 0.15) is 5.65 Å². The Morgan fingerprint density at radius 1 is 1.00 bits per heavy atom. The molecule has 110 valence electrons. The molecule has 0 atom stereocenters. The van der Waals surface area contributed by atoms with Crippen molar-refractivity contribution >= 4 is 43.9 Å². The number of pyridine rings is 1. The Kier molecular flexibility index (Phi) is 2.26. The van der Waals surface area contributed by atoms with Gasteiger partial charge in [0, 0.05) is 23.5 Å². The molecule has 0 aliphatic heterocycles. The third kappa shape index (κ3) is 1.50. The smallest absolute Gasteiger partial charge is 0.264 e. The summed E-state index contributed by atoms with van der Waals surface area (Å²) in [6.45, 7) is 0. The predicted octanol–water partition coefficient (Wildman–Crippen LogP) is 3.63. The van der Waals surface area contributed by atoms with Gasteiger partial charge in [-0.2, -0.15) is 0 Å². The van der Waals surface area contributed by atoms with Crippen molar-refractivity contribution in [2.24, 2.45) is 0 Å². The van der Waals surface area contributed by atoms with Crippen LogP contribution in [0.15, 0.2) is 59.4 Å². The van der Waals surface area contributed by atoms with E-state index in [1.54, 1.807) is 4.40 Å². The molecule has 4 heteroatoms. The number of rotatable bonds is 1. The molecule has 0 spiro atoms. The number of fused-ring (bicyclic) bond motifs is 4. The van der Waals surface area contributed by atoms with Crippen LogP contribution in [0.3, 0.4) is 0 Å². The number of imidazole rings is 1. The lowest BCUT2D eigenvalue weighted by Gasteiger charge is -2.09. The zero-order chi connectivity index (χ0) is 15.6. The van der Waals surface area contributed by atoms with E-state index in [1.807, 2.05) is 55.6 Å². The van der Waals surface area contributed by atoms with E-state index >= 15 is 0 Å². The van der Waals surface area contributed by atoms with Crippen LogP contribution in [0.5, 0.6) is 0 Å². The summed E-state index contributed by atoms with van der Waals surface area (Å²) in [6, 6.07) is 17.8. The molecular formula is C19H13N3O. The predicted molar refractivity (Wildman–Crippen MR) is 94.7 cm³/mol. The number of nitrogens with one attached hydrogen (secondary N) is 1. The van der Waals surface area contributed by atoms with Gasteiger partial charge in [-0.3, -0.25) is 9.20 Å². The molecule has 2 heterocycles. The highest BCUT2D eigenvalue weighted by atomic mass is 16.1. The standard InChI is InChI=1S/C19H13N3O/c1-20-12-9-11-5-4-6-13-17(11)14(10-12)19(23)22-16-8-3-2-7-15(16)21-18(13)22/h2-10,20H,1H3. The molecule has 23 heavy (non-hydrogen) atoms. The van der Waals surface area contributed by atoms with Gasteiger partial charge in [-0.1, -0.05) is 30.3 Å². The molecule has 0 unspecified atom stereocenters. The Morgan fingerprint density at radius 3 is 2.74 bits per heavy atom. The number of aromatic nitrogens is 2. The first-order valence-electron chi connectivity index (χ1n) is 7.55. The van der Waals surface area contributed by atoms with Crippen LogP contribution < -0.4 is 10.9 Å². The first-order chi connectivity index (χ1) is 11.3. The fourth-order valence-electron chi connectivity index (χ4n) is 3.46. The SMILES string of the molecule is CNc1cc2cccc3c2c(c1)c(=O)n1c2ccccc2nc31. The Bertz CT molecular complexity index is 1270. The van der Waals surface area contributed by atoms with Crippen LogP contribution >= 0.6 is 0 Å². The second-order valence-electron chi connectivity index (χ2n) is 5.74. The molecule has 0 aliphatic rings. The van der Waals surface area contributed by atoms with Crippen molar-refractivity contribution < 1.29 is 0 Å². The van der Waals surface area contributed by atoms with E-state index in [9.17, 15) is 4.79 Å². The Balaban J connectivity index is 2.19. The highest BCUT2D eigenvalue weighted by molar-refractivity contribution is 6.16. The van der Waals surface area contributed by atoms with E-state index in [0.717, 1.165) is 43.9 Å². The molecule has 0 saturated carbocycles. The fraction of sp³-hybridized carbons (Fsp3) is 0.0526. The van der Waals surface area contributed by atoms with Crippen molar-refractivity contribution in [2.45, 2.75) is 0 Å². The Hall–Kier alpha value is -3.14. The quantitative estimate of drug-likeness (QED) is 0.514. The van der Waals surface area contributed by atoms with Crippen LogP contribution in [0, 0.1) is 0 Å². The lowest BCUT2D eigenvalue weighted by molar-refractivity contribution is 1.19. The number of hydrogen-bond acceptors (Lipinski definition) is 3. The zero-order valence-electron chi connectivity index (χ0n) is 12.5. The molecule has 5 aromatic rings. The number of nitrogens with zero attached hydrogens (tertiary/aromatic N) is 2. The summed E-state index contributed by atoms with van der Waals surface area (Å²) >= 11 is 0. The lowest BCUT2D eigenvalue weighted by atomic mass is 10.0. The maximum absolute atomic E-state index is 13.1. The summed E-state index contributed by atoms with van der Waals surface area (Å²) in [7, 11) is 1.86. The molecule has 5 rings (SSSR count). The third-order valence-electron chi connectivity index (χ3n) is 4.50. The summed E-state index contributed by atoms with van der Waals surface area (Å²) in [5.41, 5.74) is 3.34. The largest absolute Gasteiger partial charge is 0.388 e. The van der Waals surface area contributed by atoms with E-state index in [1.165, 1.54) is 0 Å². The molecule has 0 fully saturated rings. The summed E-state index contributed by atoms with van der Waals surface area (Å²) < 4.78 is 1.73. The van der Waals surface area contributed by atoms with Crippen LogP contribution in [0.25, 0.3) is 38.2 Å². The van der Waals surface area contributed by atoms with Crippen molar-refractivity contribution in [2.75, 3.05) is 12.4 Å². The number of benzene rings is 3. The Morgan fingerprint density at radius 2 is 1.87 bits per heavy atom. The molecule has 0 amide bonds. The van der Waals surface area contributed by atoms with Crippen molar-refractivity contribution in [3.05, 3.63) is 65.0 Å². The normalized spacial score (nSPS) is 11.9. The van der Waals surface area contributed by atoms with Crippen LogP contribution in [0.4, 0.5) is 5.69 Å². The van der Waals surface area contributed by atoms with E-state index in [2.05, 4.69) is 11.4 Å². The van der Waals surface area contributed by atoms with E-state index in [-0.39, 0.29) is 5.56 Å². The molecule has 3 aromatic carbocycles. The maximum atomic E-state index is 13.1. The number of hydrogen-bond donors (Lipinski definition) is 1. The molecule has 4 nitrogen and oxygen atoms in total. The monoisotopic (exact) mass is 299 g/mol. The van der Waals surface area contributed by atoms with Gasteiger partial charge in [0.05, 0.1) is 16.4 Å². The lowest BCUT2D eigenvalue weighted by Crippen LogP contribution is -2.13. The number of anilines is 1. The van der Waals surface area contributed by atoms with Gasteiger partial charge in [-0.15, -0.1) is 0 Å². The fourth-order valence-corrected chi connectivity index (χ4v) is 3.46. The van der Waals surface area contributed by atoms with Crippen LogP contribution in [-0.2, 0) is 0 Å². The first-order valence-corrected chi connectivity index (χ1v) is 7.55. The van der Waals surface area contributed by atoms with Crippen molar-refractivity contribution in [3.8, 4) is 0 Å². The minimum Gasteiger partial charge on any atom is -0.388 e. The van der Waals surface area contributed by atoms with E-state index in [4.69, 9.17) is 4.98 Å². The second-order valence-corrected chi connectivity index (χ2v) is 5.74. The van der Waals surface area contributed by atoms with Gasteiger partial charge < -0.3 is 5.32 Å². The topological polar surface area (TPSA) is 46.4 Å². The second kappa shape index (κ2) is 4.20. The van der Waals surface area contributed by atoms with Gasteiger partial charge in [0.25, 0.3) is 5.56 Å². The molecular weight excluding hydrogens is 286 g/mol. The minimum absolute atomic E-state index is 0.0190. The van der Waals surface area contributed by atoms with Gasteiger partial charge in [-0.25, -0.2) is 4.98 Å². The molecule has 0 aliphatic carbocycles. The highest BCUT2D eigenvalue weighted by Gasteiger charge is 2.16. The van der Waals surface area contributed by atoms with Gasteiger partial charge in [-0.05, 0) is 29.7 Å². The molecule has 0 radical (unpaired) electrons. The van der Waals surface area contributed by atoms with Crippen molar-refractivity contribution in [1.82, 2.24) is 9.38 Å². The number of para-hydroxylation sites is 2.